The molecule has 7 heteroatoms. The number of guanidine groups is 1. The number of hydrogen-bond acceptors (Lipinski definition) is 3. The summed E-state index contributed by atoms with van der Waals surface area (Å²) >= 11 is 0. The predicted molar refractivity (Wildman–Crippen MR) is 124 cm³/mol. The summed E-state index contributed by atoms with van der Waals surface area (Å²) in [5.74, 6) is 0.946. The van der Waals surface area contributed by atoms with Crippen molar-refractivity contribution in [3.05, 3.63) is 48.0 Å². The highest BCUT2D eigenvalue weighted by atomic mass is 127. The SMILES string of the molecule is CCNC(=NCc1cccc2ccccc12)N1CCS(=O)(=O)C(C)(C)C1.I. The average molecular weight is 501 g/mol. The Morgan fingerprint density at radius 1 is 1.19 bits per heavy atom. The van der Waals surface area contributed by atoms with E-state index in [4.69, 9.17) is 4.99 Å². The van der Waals surface area contributed by atoms with Gasteiger partial charge in [0.15, 0.2) is 15.8 Å². The Kier molecular flexibility index (Phi) is 7.13. The molecule has 0 bridgehead atoms. The Balaban J connectivity index is 0.00000261. The molecule has 1 N–H and O–H groups in total. The lowest BCUT2D eigenvalue weighted by Crippen LogP contribution is -2.57. The highest BCUT2D eigenvalue weighted by Gasteiger charge is 2.40. The van der Waals surface area contributed by atoms with Gasteiger partial charge in [-0.25, -0.2) is 13.4 Å². The molecule has 3 rings (SSSR count). The van der Waals surface area contributed by atoms with Crippen molar-refractivity contribution in [3.8, 4) is 0 Å². The summed E-state index contributed by atoms with van der Waals surface area (Å²) in [7, 11) is -3.06. The zero-order chi connectivity index (χ0) is 18.8. The van der Waals surface area contributed by atoms with Crippen molar-refractivity contribution in [2.75, 3.05) is 25.4 Å². The van der Waals surface area contributed by atoms with E-state index in [1.54, 1.807) is 13.8 Å². The standard InChI is InChI=1S/C20H27N3O2S.HI/c1-4-21-19(23-12-13-26(24,25)20(2,3)15-23)22-14-17-10-7-9-16-8-5-6-11-18(16)17;/h5-11H,4,12-15H2,1-3H3,(H,21,22);1H. The molecule has 5 nitrogen and oxygen atoms in total. The molecule has 0 spiro atoms. The number of halogens is 1. The molecule has 0 radical (unpaired) electrons. The Hall–Kier alpha value is -1.35. The monoisotopic (exact) mass is 501 g/mol. The van der Waals surface area contributed by atoms with Gasteiger partial charge in [-0.15, -0.1) is 24.0 Å². The quantitative estimate of drug-likeness (QED) is 0.398. The second-order valence-corrected chi connectivity index (χ2v) is 10.1. The molecule has 148 valence electrons. The van der Waals surface area contributed by atoms with Gasteiger partial charge in [0.05, 0.1) is 17.0 Å². The number of sulfone groups is 1. The third kappa shape index (κ3) is 4.74. The maximum absolute atomic E-state index is 12.3. The average Bonchev–Trinajstić information content (AvgIpc) is 2.61. The number of rotatable bonds is 3. The van der Waals surface area contributed by atoms with Gasteiger partial charge in [-0.3, -0.25) is 0 Å². The van der Waals surface area contributed by atoms with Crippen LogP contribution in [0.4, 0.5) is 0 Å². The predicted octanol–water partition coefficient (Wildman–Crippen LogP) is 3.43. The molecule has 0 atom stereocenters. The van der Waals surface area contributed by atoms with E-state index in [2.05, 4.69) is 40.5 Å². The molecule has 0 aromatic heterocycles. The Labute approximate surface area is 179 Å². The van der Waals surface area contributed by atoms with Gasteiger partial charge >= 0.3 is 0 Å². The largest absolute Gasteiger partial charge is 0.357 e. The van der Waals surface area contributed by atoms with Gasteiger partial charge in [-0.1, -0.05) is 42.5 Å². The van der Waals surface area contributed by atoms with Gasteiger partial charge in [0.1, 0.15) is 0 Å². The summed E-state index contributed by atoms with van der Waals surface area (Å²) in [6, 6.07) is 14.5. The molecule has 1 aliphatic heterocycles. The Bertz CT molecular complexity index is 920. The van der Waals surface area contributed by atoms with E-state index in [0.717, 1.165) is 12.5 Å². The summed E-state index contributed by atoms with van der Waals surface area (Å²) in [6.45, 7) is 7.86. The van der Waals surface area contributed by atoms with Crippen LogP contribution in [0.5, 0.6) is 0 Å². The third-order valence-electron chi connectivity index (χ3n) is 4.96. The van der Waals surface area contributed by atoms with Gasteiger partial charge in [-0.05, 0) is 37.1 Å². The third-order valence-corrected chi connectivity index (χ3v) is 7.49. The Morgan fingerprint density at radius 3 is 2.59 bits per heavy atom. The summed E-state index contributed by atoms with van der Waals surface area (Å²) in [5, 5.41) is 5.73. The summed E-state index contributed by atoms with van der Waals surface area (Å²) in [4.78, 5) is 6.87. The number of nitrogens with zero attached hydrogens (tertiary/aromatic N) is 2. The first-order valence-electron chi connectivity index (χ1n) is 9.06. The molecule has 0 unspecified atom stereocenters. The molecule has 1 aliphatic rings. The fraction of sp³-hybridized carbons (Fsp3) is 0.450. The van der Waals surface area contributed by atoms with Crippen LogP contribution >= 0.6 is 24.0 Å². The van der Waals surface area contributed by atoms with Crippen LogP contribution in [0.15, 0.2) is 47.5 Å². The smallest absolute Gasteiger partial charge is 0.194 e. The van der Waals surface area contributed by atoms with E-state index in [0.29, 0.717) is 19.6 Å². The molecule has 1 fully saturated rings. The topological polar surface area (TPSA) is 61.8 Å². The zero-order valence-electron chi connectivity index (χ0n) is 16.1. The zero-order valence-corrected chi connectivity index (χ0v) is 19.3. The van der Waals surface area contributed by atoms with E-state index in [1.807, 2.05) is 19.1 Å². The molecule has 1 saturated heterocycles. The lowest BCUT2D eigenvalue weighted by Gasteiger charge is -2.39. The van der Waals surface area contributed by atoms with Gasteiger partial charge in [-0.2, -0.15) is 0 Å². The van der Waals surface area contributed by atoms with Crippen LogP contribution in [0.3, 0.4) is 0 Å². The van der Waals surface area contributed by atoms with Crippen molar-refractivity contribution in [1.29, 1.82) is 0 Å². The van der Waals surface area contributed by atoms with Crippen molar-refractivity contribution >= 4 is 50.5 Å². The van der Waals surface area contributed by atoms with Crippen LogP contribution < -0.4 is 5.32 Å². The van der Waals surface area contributed by atoms with Crippen LogP contribution in [-0.2, 0) is 16.4 Å². The van der Waals surface area contributed by atoms with E-state index in [9.17, 15) is 8.42 Å². The Morgan fingerprint density at radius 2 is 1.89 bits per heavy atom. The van der Waals surface area contributed by atoms with Gasteiger partial charge in [0.2, 0.25) is 0 Å². The molecule has 0 saturated carbocycles. The first kappa shape index (κ1) is 21.9. The van der Waals surface area contributed by atoms with Crippen molar-refractivity contribution in [2.24, 2.45) is 4.99 Å². The van der Waals surface area contributed by atoms with Gasteiger partial charge in [0.25, 0.3) is 0 Å². The van der Waals surface area contributed by atoms with Crippen LogP contribution in [0.1, 0.15) is 26.3 Å². The first-order valence-corrected chi connectivity index (χ1v) is 10.7. The van der Waals surface area contributed by atoms with Crippen molar-refractivity contribution in [2.45, 2.75) is 32.1 Å². The number of fused-ring (bicyclic) bond motifs is 1. The van der Waals surface area contributed by atoms with Gasteiger partial charge in [0, 0.05) is 19.6 Å². The molecule has 2 aromatic rings. The molecular weight excluding hydrogens is 473 g/mol. The fourth-order valence-corrected chi connectivity index (χ4v) is 4.71. The second kappa shape index (κ2) is 8.77. The summed E-state index contributed by atoms with van der Waals surface area (Å²) in [6.07, 6.45) is 0. The molecule has 0 aliphatic carbocycles. The van der Waals surface area contributed by atoms with E-state index < -0.39 is 14.6 Å². The summed E-state index contributed by atoms with van der Waals surface area (Å²) < 4.78 is 23.8. The molecule has 2 aromatic carbocycles. The van der Waals surface area contributed by atoms with Gasteiger partial charge < -0.3 is 10.2 Å². The van der Waals surface area contributed by atoms with E-state index in [1.165, 1.54) is 16.3 Å². The van der Waals surface area contributed by atoms with Crippen molar-refractivity contribution < 1.29 is 8.42 Å². The lowest BCUT2D eigenvalue weighted by molar-refractivity contribution is 0.353. The fourth-order valence-electron chi connectivity index (χ4n) is 3.34. The minimum Gasteiger partial charge on any atom is -0.357 e. The first-order chi connectivity index (χ1) is 12.3. The number of benzene rings is 2. The second-order valence-electron chi connectivity index (χ2n) is 7.31. The molecule has 27 heavy (non-hydrogen) atoms. The highest BCUT2D eigenvalue weighted by molar-refractivity contribution is 14.0. The van der Waals surface area contributed by atoms with E-state index in [-0.39, 0.29) is 29.7 Å². The molecule has 1 heterocycles. The number of aliphatic imine (C=N–C) groups is 1. The lowest BCUT2D eigenvalue weighted by atomic mass is 10.0. The highest BCUT2D eigenvalue weighted by Crippen LogP contribution is 2.24. The van der Waals surface area contributed by atoms with Crippen molar-refractivity contribution in [3.63, 3.8) is 0 Å². The number of hydrogen-bond donors (Lipinski definition) is 1. The minimum atomic E-state index is -3.06. The van der Waals surface area contributed by atoms with Crippen LogP contribution in [0.2, 0.25) is 0 Å². The van der Waals surface area contributed by atoms with Crippen molar-refractivity contribution in [1.82, 2.24) is 10.2 Å². The van der Waals surface area contributed by atoms with E-state index >= 15 is 0 Å². The maximum atomic E-state index is 12.3. The number of nitrogens with one attached hydrogen (secondary N) is 1. The van der Waals surface area contributed by atoms with Crippen LogP contribution in [0, 0.1) is 0 Å². The maximum Gasteiger partial charge on any atom is 0.194 e. The van der Waals surface area contributed by atoms with Crippen LogP contribution in [0.25, 0.3) is 10.8 Å². The minimum absolute atomic E-state index is 0. The summed E-state index contributed by atoms with van der Waals surface area (Å²) in [5.41, 5.74) is 1.17. The molecule has 0 amide bonds. The van der Waals surface area contributed by atoms with Crippen LogP contribution in [-0.4, -0.2) is 49.4 Å². The molecular formula is C20H28IN3O2S. The normalized spacial score (nSPS) is 18.8.